The van der Waals surface area contributed by atoms with Crippen LogP contribution in [-0.2, 0) is 32.5 Å². The monoisotopic (exact) mass is 385 g/mol. The van der Waals surface area contributed by atoms with Crippen LogP contribution in [0.2, 0.25) is 0 Å². The van der Waals surface area contributed by atoms with Gasteiger partial charge < -0.3 is 24.3 Å². The highest BCUT2D eigenvalue weighted by Gasteiger charge is 2.23. The van der Waals surface area contributed by atoms with E-state index in [1.165, 1.54) is 12.0 Å². The van der Waals surface area contributed by atoms with Crippen LogP contribution in [0.1, 0.15) is 42.0 Å². The van der Waals surface area contributed by atoms with Gasteiger partial charge in [-0.05, 0) is 42.5 Å². The number of aryl methyl sites for hydroxylation is 1. The van der Waals surface area contributed by atoms with Gasteiger partial charge in [0.25, 0.3) is 0 Å². The Bertz CT molecular complexity index is 864. The Morgan fingerprint density at radius 3 is 2.61 bits per heavy atom. The van der Waals surface area contributed by atoms with Crippen LogP contribution < -0.4 is 14.8 Å². The number of amides is 2. The number of urea groups is 1. The number of fused-ring (bicyclic) bond motifs is 2. The lowest BCUT2D eigenvalue weighted by molar-refractivity contribution is 0.191. The molecule has 0 saturated carbocycles. The van der Waals surface area contributed by atoms with E-state index in [1.807, 2.05) is 17.0 Å². The average Bonchev–Trinajstić information content (AvgIpc) is 2.96. The number of nitrogens with zero attached hydrogens (tertiary/aromatic N) is 4. The maximum atomic E-state index is 12.7. The number of carbonyl (C=O) groups is 1. The van der Waals surface area contributed by atoms with Crippen molar-refractivity contribution in [3.63, 3.8) is 0 Å². The van der Waals surface area contributed by atoms with E-state index >= 15 is 0 Å². The Kier molecular flexibility index (Phi) is 5.36. The number of methoxy groups -OCH3 is 2. The molecule has 4 rings (SSSR count). The Morgan fingerprint density at radius 1 is 1.04 bits per heavy atom. The number of ether oxygens (including phenoxy) is 2. The van der Waals surface area contributed by atoms with Crippen molar-refractivity contribution in [2.24, 2.45) is 0 Å². The molecule has 2 amide bonds. The molecule has 28 heavy (non-hydrogen) atoms. The summed E-state index contributed by atoms with van der Waals surface area (Å²) < 4.78 is 12.9. The number of hydrogen-bond donors (Lipinski definition) is 1. The van der Waals surface area contributed by atoms with Crippen molar-refractivity contribution < 1.29 is 14.3 Å². The molecule has 150 valence electrons. The third-order valence-corrected chi connectivity index (χ3v) is 5.59. The number of nitrogens with one attached hydrogen (secondary N) is 1. The maximum Gasteiger partial charge on any atom is 0.318 e. The molecule has 1 N–H and O–H groups in total. The number of carbonyl (C=O) groups excluding carboxylic acids is 1. The molecule has 0 fully saturated rings. The second-order valence-corrected chi connectivity index (χ2v) is 7.30. The number of aromatic nitrogens is 3. The summed E-state index contributed by atoms with van der Waals surface area (Å²) in [5.41, 5.74) is 2.29. The van der Waals surface area contributed by atoms with Gasteiger partial charge in [-0.25, -0.2) is 4.79 Å². The molecule has 1 aromatic heterocycles. The first-order chi connectivity index (χ1) is 13.7. The van der Waals surface area contributed by atoms with Crippen LogP contribution in [0.3, 0.4) is 0 Å². The van der Waals surface area contributed by atoms with Crippen molar-refractivity contribution in [3.8, 4) is 11.5 Å². The summed E-state index contributed by atoms with van der Waals surface area (Å²) in [6.45, 7) is 2.57. The largest absolute Gasteiger partial charge is 0.493 e. The lowest BCUT2D eigenvalue weighted by atomic mass is 9.99. The summed E-state index contributed by atoms with van der Waals surface area (Å²) in [6.07, 6.45) is 5.28. The highest BCUT2D eigenvalue weighted by molar-refractivity contribution is 5.74. The molecule has 2 aromatic rings. The normalized spacial score (nSPS) is 16.0. The summed E-state index contributed by atoms with van der Waals surface area (Å²) in [7, 11) is 3.26. The van der Waals surface area contributed by atoms with Crippen LogP contribution in [0.5, 0.6) is 11.5 Å². The highest BCUT2D eigenvalue weighted by Crippen LogP contribution is 2.33. The zero-order valence-corrected chi connectivity index (χ0v) is 16.5. The number of rotatable bonds is 4. The molecule has 2 aliphatic heterocycles. The van der Waals surface area contributed by atoms with Crippen molar-refractivity contribution in [1.29, 1.82) is 0 Å². The molecule has 0 unspecified atom stereocenters. The smallest absolute Gasteiger partial charge is 0.318 e. The second-order valence-electron chi connectivity index (χ2n) is 7.30. The van der Waals surface area contributed by atoms with Gasteiger partial charge in [-0.2, -0.15) is 0 Å². The van der Waals surface area contributed by atoms with E-state index in [4.69, 9.17) is 9.47 Å². The summed E-state index contributed by atoms with van der Waals surface area (Å²) in [5, 5.41) is 11.6. The number of hydrogen-bond acceptors (Lipinski definition) is 5. The van der Waals surface area contributed by atoms with Gasteiger partial charge in [0.2, 0.25) is 0 Å². The molecular weight excluding hydrogens is 358 g/mol. The van der Waals surface area contributed by atoms with E-state index in [0.29, 0.717) is 25.4 Å². The Balaban J connectivity index is 1.41. The SMILES string of the molecule is COc1cc2c(cc1OC)CN(C(=O)NCc1nnc3n1CCCCC3)CC2. The lowest BCUT2D eigenvalue weighted by Gasteiger charge is -2.29. The van der Waals surface area contributed by atoms with Crippen LogP contribution in [0.4, 0.5) is 4.79 Å². The minimum absolute atomic E-state index is 0.0774. The third kappa shape index (κ3) is 3.63. The molecule has 3 heterocycles. The molecule has 0 saturated heterocycles. The van der Waals surface area contributed by atoms with E-state index in [2.05, 4.69) is 20.1 Å². The molecule has 0 radical (unpaired) electrons. The van der Waals surface area contributed by atoms with Crippen LogP contribution in [0.25, 0.3) is 0 Å². The fourth-order valence-electron chi connectivity index (χ4n) is 4.00. The zero-order valence-electron chi connectivity index (χ0n) is 16.5. The van der Waals surface area contributed by atoms with Gasteiger partial charge >= 0.3 is 6.03 Å². The number of benzene rings is 1. The van der Waals surface area contributed by atoms with Crippen LogP contribution in [0.15, 0.2) is 12.1 Å². The van der Waals surface area contributed by atoms with Crippen LogP contribution >= 0.6 is 0 Å². The van der Waals surface area contributed by atoms with E-state index < -0.39 is 0 Å². The molecule has 2 aliphatic rings. The third-order valence-electron chi connectivity index (χ3n) is 5.59. The highest BCUT2D eigenvalue weighted by atomic mass is 16.5. The van der Waals surface area contributed by atoms with Gasteiger partial charge in [-0.1, -0.05) is 6.42 Å². The van der Waals surface area contributed by atoms with Crippen LogP contribution in [0, 0.1) is 0 Å². The quantitative estimate of drug-likeness (QED) is 0.873. The maximum absolute atomic E-state index is 12.7. The molecule has 0 spiro atoms. The topological polar surface area (TPSA) is 81.5 Å². The van der Waals surface area contributed by atoms with E-state index in [9.17, 15) is 4.79 Å². The van der Waals surface area contributed by atoms with Crippen molar-refractivity contribution in [2.45, 2.75) is 51.7 Å². The first-order valence-corrected chi connectivity index (χ1v) is 9.87. The fraction of sp³-hybridized carbons (Fsp3) is 0.550. The molecule has 8 heteroatoms. The van der Waals surface area contributed by atoms with Crippen molar-refractivity contribution >= 4 is 6.03 Å². The zero-order chi connectivity index (χ0) is 19.5. The van der Waals surface area contributed by atoms with Gasteiger partial charge in [-0.3, -0.25) is 0 Å². The second kappa shape index (κ2) is 8.08. The van der Waals surface area contributed by atoms with Crippen molar-refractivity contribution in [2.75, 3.05) is 20.8 Å². The molecule has 0 bridgehead atoms. The summed E-state index contributed by atoms with van der Waals surface area (Å²) in [5.74, 6) is 3.30. The van der Waals surface area contributed by atoms with Gasteiger partial charge in [-0.15, -0.1) is 10.2 Å². The first-order valence-electron chi connectivity index (χ1n) is 9.87. The summed E-state index contributed by atoms with van der Waals surface area (Å²) >= 11 is 0. The van der Waals surface area contributed by atoms with Gasteiger partial charge in [0.05, 0.1) is 20.8 Å². The van der Waals surface area contributed by atoms with Gasteiger partial charge in [0, 0.05) is 26.1 Å². The van der Waals surface area contributed by atoms with Gasteiger partial charge in [0.1, 0.15) is 5.82 Å². The Labute approximate surface area is 164 Å². The standard InChI is InChI=1S/C20H27N5O3/c1-27-16-10-14-7-9-24(13-15(14)11-17(16)28-2)20(26)21-12-19-23-22-18-6-4-3-5-8-25(18)19/h10-11H,3-9,12-13H2,1-2H3,(H,21,26). The lowest BCUT2D eigenvalue weighted by Crippen LogP contribution is -2.42. The minimum Gasteiger partial charge on any atom is -0.493 e. The molecule has 8 nitrogen and oxygen atoms in total. The fourth-order valence-corrected chi connectivity index (χ4v) is 4.00. The van der Waals surface area contributed by atoms with Gasteiger partial charge in [0.15, 0.2) is 17.3 Å². The molecular formula is C20H27N5O3. The average molecular weight is 385 g/mol. The van der Waals surface area contributed by atoms with Crippen LogP contribution in [-0.4, -0.2) is 46.5 Å². The van der Waals surface area contributed by atoms with E-state index in [-0.39, 0.29) is 6.03 Å². The van der Waals surface area contributed by atoms with Crippen molar-refractivity contribution in [3.05, 3.63) is 34.9 Å². The van der Waals surface area contributed by atoms with E-state index in [1.54, 1.807) is 14.2 Å². The van der Waals surface area contributed by atoms with E-state index in [0.717, 1.165) is 55.2 Å². The first kappa shape index (κ1) is 18.6. The van der Waals surface area contributed by atoms with Crippen molar-refractivity contribution in [1.82, 2.24) is 25.0 Å². The minimum atomic E-state index is -0.0774. The predicted octanol–water partition coefficient (Wildman–Crippen LogP) is 2.29. The Morgan fingerprint density at radius 2 is 1.82 bits per heavy atom. The molecule has 1 aromatic carbocycles. The molecule has 0 atom stereocenters. The summed E-state index contributed by atoms with van der Waals surface area (Å²) in [6, 6.07) is 3.90. The predicted molar refractivity (Wildman–Crippen MR) is 103 cm³/mol. The Hall–Kier alpha value is -2.77. The molecule has 0 aliphatic carbocycles. The summed E-state index contributed by atoms with van der Waals surface area (Å²) in [4.78, 5) is 14.5.